The predicted molar refractivity (Wildman–Crippen MR) is 89.7 cm³/mol. The van der Waals surface area contributed by atoms with Crippen LogP contribution < -0.4 is 5.73 Å². The first-order valence-electron chi connectivity index (χ1n) is 6.73. The van der Waals surface area contributed by atoms with Crippen LogP contribution in [0.1, 0.15) is 32.6 Å². The van der Waals surface area contributed by atoms with E-state index in [1.807, 2.05) is 29.9 Å². The molecule has 0 aliphatic rings. The fourth-order valence-electron chi connectivity index (χ4n) is 1.98. The van der Waals surface area contributed by atoms with Gasteiger partial charge in [0.2, 0.25) is 0 Å². The lowest BCUT2D eigenvalue weighted by Crippen LogP contribution is -2.25. The van der Waals surface area contributed by atoms with Gasteiger partial charge in [-0.15, -0.1) is 22.7 Å². The maximum atomic E-state index is 12.5. The first-order chi connectivity index (χ1) is 10.2. The minimum Gasteiger partial charge on any atom is -0.337 e. The molecular weight excluding hydrogens is 300 g/mol. The molecule has 2 heterocycles. The van der Waals surface area contributed by atoms with Crippen LogP contribution in [0.3, 0.4) is 0 Å². The first-order valence-corrected chi connectivity index (χ1v) is 8.49. The van der Waals surface area contributed by atoms with E-state index in [0.717, 1.165) is 27.3 Å². The van der Waals surface area contributed by atoms with Crippen molar-refractivity contribution in [1.29, 1.82) is 0 Å². The Balaban J connectivity index is 2.05. The van der Waals surface area contributed by atoms with E-state index in [9.17, 15) is 4.79 Å². The topological polar surface area (TPSA) is 46.3 Å². The van der Waals surface area contributed by atoms with Crippen molar-refractivity contribution in [3.8, 4) is 11.8 Å². The van der Waals surface area contributed by atoms with Gasteiger partial charge in [-0.05, 0) is 40.4 Å². The molecule has 2 aromatic rings. The molecular formula is C16H18N2OS2. The summed E-state index contributed by atoms with van der Waals surface area (Å²) in [4.78, 5) is 16.1. The molecule has 2 N–H and O–H groups in total. The molecule has 0 spiro atoms. The molecule has 0 aliphatic heterocycles. The number of aryl methyl sites for hydroxylation is 1. The van der Waals surface area contributed by atoms with Crippen LogP contribution in [-0.4, -0.2) is 24.4 Å². The number of nitrogens with two attached hydrogens (primary N) is 1. The fraction of sp³-hybridized carbons (Fsp3) is 0.312. The molecule has 0 aromatic carbocycles. The molecule has 2 aromatic heterocycles. The van der Waals surface area contributed by atoms with Gasteiger partial charge >= 0.3 is 0 Å². The van der Waals surface area contributed by atoms with Crippen molar-refractivity contribution in [2.45, 2.75) is 19.9 Å². The van der Waals surface area contributed by atoms with Gasteiger partial charge in [0.25, 0.3) is 5.91 Å². The van der Waals surface area contributed by atoms with Gasteiger partial charge < -0.3 is 10.6 Å². The third-order valence-corrected chi connectivity index (χ3v) is 4.89. The molecule has 0 saturated heterocycles. The smallest absolute Gasteiger partial charge is 0.264 e. The van der Waals surface area contributed by atoms with Gasteiger partial charge in [-0.1, -0.05) is 18.8 Å². The molecule has 0 aliphatic carbocycles. The minimum atomic E-state index is 0.0858. The van der Waals surface area contributed by atoms with Crippen molar-refractivity contribution >= 4 is 28.6 Å². The van der Waals surface area contributed by atoms with E-state index in [0.29, 0.717) is 13.1 Å². The second-order valence-corrected chi connectivity index (χ2v) is 6.44. The molecule has 0 atom stereocenters. The highest BCUT2D eigenvalue weighted by atomic mass is 32.1. The third-order valence-electron chi connectivity index (χ3n) is 3.06. The molecule has 21 heavy (non-hydrogen) atoms. The Labute approximate surface area is 133 Å². The lowest BCUT2D eigenvalue weighted by molar-refractivity contribution is 0.0789. The lowest BCUT2D eigenvalue weighted by Gasteiger charge is -2.16. The Kier molecular flexibility index (Phi) is 5.57. The number of carbonyl (C=O) groups is 1. The zero-order valence-electron chi connectivity index (χ0n) is 12.2. The highest BCUT2D eigenvalue weighted by molar-refractivity contribution is 7.12. The standard InChI is InChI=1S/C16H18N2OS2/c1-3-13-6-8-20-15(13)16(19)18(2)10-12-9-14(21-11-12)5-4-7-17/h6,8-9,11H,3,7,10,17H2,1-2H3. The van der Waals surface area contributed by atoms with E-state index in [-0.39, 0.29) is 5.91 Å². The first kappa shape index (κ1) is 15.8. The number of rotatable bonds is 4. The van der Waals surface area contributed by atoms with Crippen molar-refractivity contribution in [2.24, 2.45) is 5.73 Å². The Bertz CT molecular complexity index is 676. The summed E-state index contributed by atoms with van der Waals surface area (Å²) >= 11 is 3.10. The van der Waals surface area contributed by atoms with Gasteiger partial charge in [0, 0.05) is 13.6 Å². The summed E-state index contributed by atoms with van der Waals surface area (Å²) in [5.41, 5.74) is 7.59. The van der Waals surface area contributed by atoms with Crippen LogP contribution >= 0.6 is 22.7 Å². The van der Waals surface area contributed by atoms with Gasteiger partial charge in [0.15, 0.2) is 0 Å². The molecule has 1 amide bonds. The number of hydrogen-bond donors (Lipinski definition) is 1. The molecule has 0 unspecified atom stereocenters. The van der Waals surface area contributed by atoms with Gasteiger partial charge in [-0.3, -0.25) is 4.79 Å². The van der Waals surface area contributed by atoms with Crippen LogP contribution in [0.2, 0.25) is 0 Å². The fourth-order valence-corrected chi connectivity index (χ4v) is 3.74. The number of thiophene rings is 2. The van der Waals surface area contributed by atoms with Crippen molar-refractivity contribution < 1.29 is 4.79 Å². The predicted octanol–water partition coefficient (Wildman–Crippen LogP) is 2.95. The molecule has 0 saturated carbocycles. The quantitative estimate of drug-likeness (QED) is 0.881. The maximum absolute atomic E-state index is 12.5. The zero-order chi connectivity index (χ0) is 15.2. The zero-order valence-corrected chi connectivity index (χ0v) is 13.8. The summed E-state index contributed by atoms with van der Waals surface area (Å²) in [6.45, 7) is 3.03. The van der Waals surface area contributed by atoms with E-state index in [2.05, 4.69) is 18.8 Å². The summed E-state index contributed by atoms with van der Waals surface area (Å²) < 4.78 is 0. The summed E-state index contributed by atoms with van der Waals surface area (Å²) in [7, 11) is 1.84. The Morgan fingerprint density at radius 3 is 2.95 bits per heavy atom. The highest BCUT2D eigenvalue weighted by Gasteiger charge is 2.17. The van der Waals surface area contributed by atoms with Crippen LogP contribution in [0.4, 0.5) is 0 Å². The van der Waals surface area contributed by atoms with Crippen LogP contribution in [0.25, 0.3) is 0 Å². The van der Waals surface area contributed by atoms with E-state index in [1.54, 1.807) is 16.2 Å². The van der Waals surface area contributed by atoms with Crippen molar-refractivity contribution in [3.63, 3.8) is 0 Å². The van der Waals surface area contributed by atoms with Crippen LogP contribution in [0.5, 0.6) is 0 Å². The largest absolute Gasteiger partial charge is 0.337 e. The number of nitrogens with zero attached hydrogens (tertiary/aromatic N) is 1. The van der Waals surface area contributed by atoms with Crippen LogP contribution in [0.15, 0.2) is 22.9 Å². The minimum absolute atomic E-state index is 0.0858. The molecule has 0 radical (unpaired) electrons. The van der Waals surface area contributed by atoms with E-state index in [4.69, 9.17) is 5.73 Å². The van der Waals surface area contributed by atoms with Gasteiger partial charge in [0.1, 0.15) is 0 Å². The molecule has 2 rings (SSSR count). The summed E-state index contributed by atoms with van der Waals surface area (Å²) in [6, 6.07) is 4.04. The normalized spacial score (nSPS) is 10.0. The van der Waals surface area contributed by atoms with Gasteiger partial charge in [0.05, 0.1) is 16.3 Å². The highest BCUT2D eigenvalue weighted by Crippen LogP contribution is 2.21. The SMILES string of the molecule is CCc1ccsc1C(=O)N(C)Cc1csc(C#CCN)c1. The summed E-state index contributed by atoms with van der Waals surface area (Å²) in [5, 5.41) is 4.02. The van der Waals surface area contributed by atoms with Gasteiger partial charge in [-0.25, -0.2) is 0 Å². The van der Waals surface area contributed by atoms with Crippen molar-refractivity contribution in [3.05, 3.63) is 43.8 Å². The van der Waals surface area contributed by atoms with E-state index >= 15 is 0 Å². The summed E-state index contributed by atoms with van der Waals surface area (Å²) in [6.07, 6.45) is 0.885. The van der Waals surface area contributed by atoms with Crippen LogP contribution in [0, 0.1) is 11.8 Å². The van der Waals surface area contributed by atoms with E-state index in [1.165, 1.54) is 11.3 Å². The number of hydrogen-bond acceptors (Lipinski definition) is 4. The molecule has 3 nitrogen and oxygen atoms in total. The monoisotopic (exact) mass is 318 g/mol. The molecule has 110 valence electrons. The lowest BCUT2D eigenvalue weighted by atomic mass is 10.2. The Morgan fingerprint density at radius 1 is 1.43 bits per heavy atom. The second kappa shape index (κ2) is 7.41. The Hall–Kier alpha value is -1.61. The third kappa shape index (κ3) is 3.94. The van der Waals surface area contributed by atoms with Crippen LogP contribution in [-0.2, 0) is 13.0 Å². The van der Waals surface area contributed by atoms with Crippen molar-refractivity contribution in [2.75, 3.05) is 13.6 Å². The van der Waals surface area contributed by atoms with E-state index < -0.39 is 0 Å². The maximum Gasteiger partial charge on any atom is 0.264 e. The average Bonchev–Trinajstić information content (AvgIpc) is 3.12. The second-order valence-electron chi connectivity index (χ2n) is 4.61. The molecule has 0 fully saturated rings. The number of amides is 1. The number of carbonyl (C=O) groups excluding carboxylic acids is 1. The average molecular weight is 318 g/mol. The summed E-state index contributed by atoms with van der Waals surface area (Å²) in [5.74, 6) is 5.94. The van der Waals surface area contributed by atoms with Gasteiger partial charge in [-0.2, -0.15) is 0 Å². The molecule has 5 heteroatoms. The Morgan fingerprint density at radius 2 is 2.24 bits per heavy atom. The van der Waals surface area contributed by atoms with Crippen molar-refractivity contribution in [1.82, 2.24) is 4.90 Å². The molecule has 0 bridgehead atoms.